The number of hydrogen-bond donors (Lipinski definition) is 3. The third-order valence-electron chi connectivity index (χ3n) is 3.70. The number of amides is 1. The third-order valence-corrected chi connectivity index (χ3v) is 3.70. The fourth-order valence-corrected chi connectivity index (χ4v) is 2.37. The monoisotopic (exact) mass is 299 g/mol. The molecule has 21 heavy (non-hydrogen) atoms. The predicted molar refractivity (Wildman–Crippen MR) is 87.4 cm³/mol. The second-order valence-electron chi connectivity index (χ2n) is 5.63. The molecule has 0 aromatic carbocycles. The maximum absolute atomic E-state index is 12.0. The van der Waals surface area contributed by atoms with Crippen molar-refractivity contribution >= 4 is 11.7 Å². The number of nitrogens with two attached hydrogens (primary N) is 1. The maximum atomic E-state index is 12.0. The first-order valence-corrected chi connectivity index (χ1v) is 8.42. The molecule has 0 saturated heterocycles. The smallest absolute Gasteiger partial charge is 0.230 e. The lowest BCUT2D eigenvalue weighted by atomic mass is 10.0. The highest BCUT2D eigenvalue weighted by Crippen LogP contribution is 2.09. The highest BCUT2D eigenvalue weighted by atomic mass is 16.4. The number of oxime groups is 1. The molecular formula is C16H33N3O2. The van der Waals surface area contributed by atoms with Gasteiger partial charge in [0.25, 0.3) is 0 Å². The van der Waals surface area contributed by atoms with E-state index in [2.05, 4.69) is 17.4 Å². The van der Waals surface area contributed by atoms with Crippen LogP contribution in [0.4, 0.5) is 0 Å². The zero-order valence-corrected chi connectivity index (χ0v) is 13.7. The normalized spacial score (nSPS) is 13.1. The summed E-state index contributed by atoms with van der Waals surface area (Å²) in [6, 6.07) is 0. The molecule has 0 aliphatic carbocycles. The van der Waals surface area contributed by atoms with Crippen molar-refractivity contribution in [3.8, 4) is 0 Å². The van der Waals surface area contributed by atoms with Crippen molar-refractivity contribution < 1.29 is 10.0 Å². The lowest BCUT2D eigenvalue weighted by Gasteiger charge is -2.14. The molecule has 0 radical (unpaired) electrons. The van der Waals surface area contributed by atoms with Crippen molar-refractivity contribution in [3.63, 3.8) is 0 Å². The number of nitrogens with zero attached hydrogens (tertiary/aromatic N) is 1. The van der Waals surface area contributed by atoms with Crippen LogP contribution in [0.15, 0.2) is 5.16 Å². The van der Waals surface area contributed by atoms with E-state index in [1.807, 2.05) is 6.92 Å². The van der Waals surface area contributed by atoms with Crippen LogP contribution in [0.1, 0.15) is 78.1 Å². The fourth-order valence-electron chi connectivity index (χ4n) is 2.37. The van der Waals surface area contributed by atoms with E-state index in [4.69, 9.17) is 10.9 Å². The van der Waals surface area contributed by atoms with Crippen LogP contribution in [-0.4, -0.2) is 23.5 Å². The minimum atomic E-state index is -0.506. The zero-order chi connectivity index (χ0) is 15.9. The third kappa shape index (κ3) is 10.2. The van der Waals surface area contributed by atoms with Gasteiger partial charge in [-0.3, -0.25) is 4.79 Å². The van der Waals surface area contributed by atoms with Crippen LogP contribution < -0.4 is 11.1 Å². The summed E-state index contributed by atoms with van der Waals surface area (Å²) >= 11 is 0. The topological polar surface area (TPSA) is 87.7 Å². The van der Waals surface area contributed by atoms with E-state index in [1.54, 1.807) is 0 Å². The Morgan fingerprint density at radius 2 is 1.62 bits per heavy atom. The molecule has 0 aliphatic heterocycles. The molecule has 0 aromatic heterocycles. The van der Waals surface area contributed by atoms with E-state index in [9.17, 15) is 4.79 Å². The van der Waals surface area contributed by atoms with Crippen LogP contribution in [0, 0.1) is 5.92 Å². The van der Waals surface area contributed by atoms with Crippen LogP contribution in [0.3, 0.4) is 0 Å². The Kier molecular flexibility index (Phi) is 12.9. The summed E-state index contributed by atoms with van der Waals surface area (Å²) in [6.45, 7) is 4.87. The number of hydrogen-bond acceptors (Lipinski definition) is 3. The second kappa shape index (κ2) is 13.7. The molecule has 1 atom stereocenters. The van der Waals surface area contributed by atoms with Gasteiger partial charge in [-0.05, 0) is 12.8 Å². The SMILES string of the molecule is CCCCCCCCCCNC(=O)C(CCC)C(N)=NO. The number of carbonyl (C=O) groups excluding carboxylic acids is 1. The molecule has 0 fully saturated rings. The molecule has 124 valence electrons. The van der Waals surface area contributed by atoms with Gasteiger partial charge in [-0.15, -0.1) is 0 Å². The van der Waals surface area contributed by atoms with Crippen molar-refractivity contribution in [1.82, 2.24) is 5.32 Å². The summed E-state index contributed by atoms with van der Waals surface area (Å²) in [5, 5.41) is 14.5. The highest BCUT2D eigenvalue weighted by Gasteiger charge is 2.21. The molecule has 5 nitrogen and oxygen atoms in total. The summed E-state index contributed by atoms with van der Waals surface area (Å²) in [5.41, 5.74) is 5.55. The van der Waals surface area contributed by atoms with Gasteiger partial charge in [0.15, 0.2) is 5.84 Å². The van der Waals surface area contributed by atoms with Crippen LogP contribution >= 0.6 is 0 Å². The number of rotatable bonds is 13. The first-order chi connectivity index (χ1) is 10.2. The molecule has 5 heteroatoms. The molecule has 0 rings (SSSR count). The largest absolute Gasteiger partial charge is 0.409 e. The van der Waals surface area contributed by atoms with E-state index < -0.39 is 5.92 Å². The minimum absolute atomic E-state index is 0.00488. The van der Waals surface area contributed by atoms with E-state index >= 15 is 0 Å². The predicted octanol–water partition coefficient (Wildman–Crippen LogP) is 3.41. The Hall–Kier alpha value is -1.26. The summed E-state index contributed by atoms with van der Waals surface area (Å²) < 4.78 is 0. The number of unbranched alkanes of at least 4 members (excludes halogenated alkanes) is 7. The Balaban J connectivity index is 3.68. The van der Waals surface area contributed by atoms with Gasteiger partial charge in [0.1, 0.15) is 0 Å². The Morgan fingerprint density at radius 3 is 2.14 bits per heavy atom. The molecule has 0 saturated carbocycles. The van der Waals surface area contributed by atoms with Gasteiger partial charge in [-0.2, -0.15) is 0 Å². The summed E-state index contributed by atoms with van der Waals surface area (Å²) in [4.78, 5) is 12.0. The van der Waals surface area contributed by atoms with Crippen LogP contribution in [0.25, 0.3) is 0 Å². The van der Waals surface area contributed by atoms with Gasteiger partial charge in [-0.1, -0.05) is 70.4 Å². The first kappa shape index (κ1) is 19.7. The number of nitrogens with one attached hydrogen (secondary N) is 1. The Labute approximate surface area is 129 Å². The molecular weight excluding hydrogens is 266 g/mol. The molecule has 0 aliphatic rings. The number of carbonyl (C=O) groups is 1. The van der Waals surface area contributed by atoms with Gasteiger partial charge in [0.2, 0.25) is 5.91 Å². The Morgan fingerprint density at radius 1 is 1.05 bits per heavy atom. The average molecular weight is 299 g/mol. The van der Waals surface area contributed by atoms with E-state index in [0.717, 1.165) is 19.3 Å². The van der Waals surface area contributed by atoms with Crippen LogP contribution in [0.2, 0.25) is 0 Å². The van der Waals surface area contributed by atoms with Gasteiger partial charge < -0.3 is 16.3 Å². The lowest BCUT2D eigenvalue weighted by Crippen LogP contribution is -2.39. The lowest BCUT2D eigenvalue weighted by molar-refractivity contribution is -0.123. The summed E-state index contributed by atoms with van der Waals surface area (Å²) in [5.74, 6) is -0.630. The summed E-state index contributed by atoms with van der Waals surface area (Å²) in [6.07, 6.45) is 11.4. The molecule has 4 N–H and O–H groups in total. The molecule has 1 amide bonds. The highest BCUT2D eigenvalue weighted by molar-refractivity contribution is 6.01. The van der Waals surface area contributed by atoms with Crippen molar-refractivity contribution in [2.24, 2.45) is 16.8 Å². The van der Waals surface area contributed by atoms with Crippen LogP contribution in [-0.2, 0) is 4.79 Å². The molecule has 0 spiro atoms. The van der Waals surface area contributed by atoms with E-state index in [1.165, 1.54) is 38.5 Å². The van der Waals surface area contributed by atoms with Gasteiger partial charge in [0, 0.05) is 6.54 Å². The van der Waals surface area contributed by atoms with Crippen molar-refractivity contribution in [2.45, 2.75) is 78.1 Å². The van der Waals surface area contributed by atoms with Gasteiger partial charge in [-0.25, -0.2) is 0 Å². The number of amidine groups is 1. The average Bonchev–Trinajstić information content (AvgIpc) is 2.50. The van der Waals surface area contributed by atoms with E-state index in [0.29, 0.717) is 13.0 Å². The standard InChI is InChI=1S/C16H33N3O2/c1-3-5-6-7-8-9-10-11-13-18-16(20)14(12-4-2)15(17)19-21/h14,21H,3-13H2,1-2H3,(H2,17,19)(H,18,20). The van der Waals surface area contributed by atoms with Gasteiger partial charge in [0.05, 0.1) is 5.92 Å². The minimum Gasteiger partial charge on any atom is -0.409 e. The van der Waals surface area contributed by atoms with Crippen molar-refractivity contribution in [2.75, 3.05) is 6.54 Å². The molecule has 0 bridgehead atoms. The zero-order valence-electron chi connectivity index (χ0n) is 13.7. The quantitative estimate of drug-likeness (QED) is 0.160. The van der Waals surface area contributed by atoms with Crippen molar-refractivity contribution in [1.29, 1.82) is 0 Å². The van der Waals surface area contributed by atoms with Crippen molar-refractivity contribution in [3.05, 3.63) is 0 Å². The van der Waals surface area contributed by atoms with Gasteiger partial charge >= 0.3 is 0 Å². The molecule has 0 heterocycles. The first-order valence-electron chi connectivity index (χ1n) is 8.42. The second-order valence-corrected chi connectivity index (χ2v) is 5.63. The van der Waals surface area contributed by atoms with Crippen LogP contribution in [0.5, 0.6) is 0 Å². The maximum Gasteiger partial charge on any atom is 0.230 e. The Bertz CT molecular complexity index is 293. The van der Waals surface area contributed by atoms with E-state index in [-0.39, 0.29) is 11.7 Å². The summed E-state index contributed by atoms with van der Waals surface area (Å²) in [7, 11) is 0. The molecule has 1 unspecified atom stereocenters. The molecule has 0 aromatic rings. The fraction of sp³-hybridized carbons (Fsp3) is 0.875.